The number of piperidine rings is 1. The van der Waals surface area contributed by atoms with Crippen molar-refractivity contribution in [3.63, 3.8) is 0 Å². The van der Waals surface area contributed by atoms with Crippen LogP contribution in [0.25, 0.3) is 22.1 Å². The average molecular weight is 506 g/mol. The van der Waals surface area contributed by atoms with Crippen molar-refractivity contribution in [2.45, 2.75) is 25.3 Å². The molecule has 1 atom stereocenters. The van der Waals surface area contributed by atoms with Crippen LogP contribution in [0, 0.1) is 0 Å². The van der Waals surface area contributed by atoms with Gasteiger partial charge in [0.1, 0.15) is 5.58 Å². The van der Waals surface area contributed by atoms with Gasteiger partial charge in [-0.1, -0.05) is 11.6 Å². The number of benzene rings is 1. The van der Waals surface area contributed by atoms with Gasteiger partial charge in [0, 0.05) is 52.8 Å². The summed E-state index contributed by atoms with van der Waals surface area (Å²) in [6, 6.07) is 7.78. The standard InChI is InChI=1S/C26H24ClN5O4/c27-23-9-21-22(19-3-4-25(33)30-26(19)34)15-36-24(21)10-20(23)16-11-29-32(13-16)14-17-1-2-18(12-28-17)31-5-7-35-8-6-31/h1-2,9-13,15,19H,3-8,14H2,(H,30,33,34). The maximum atomic E-state index is 12.3. The lowest BCUT2D eigenvalue weighted by Gasteiger charge is -2.28. The van der Waals surface area contributed by atoms with Crippen LogP contribution in [0.3, 0.4) is 0 Å². The highest BCUT2D eigenvalue weighted by molar-refractivity contribution is 6.34. The van der Waals surface area contributed by atoms with E-state index in [1.54, 1.807) is 12.5 Å². The third-order valence-corrected chi connectivity index (χ3v) is 7.07. The van der Waals surface area contributed by atoms with Gasteiger partial charge in [-0.2, -0.15) is 5.10 Å². The lowest BCUT2D eigenvalue weighted by molar-refractivity contribution is -0.134. The smallest absolute Gasteiger partial charge is 0.234 e. The number of morpholine rings is 1. The molecule has 2 saturated heterocycles. The Kier molecular flexibility index (Phi) is 5.94. The first kappa shape index (κ1) is 22.8. The zero-order valence-electron chi connectivity index (χ0n) is 19.4. The number of amides is 2. The molecule has 2 aliphatic heterocycles. The number of aromatic nitrogens is 3. The summed E-state index contributed by atoms with van der Waals surface area (Å²) in [5, 5.41) is 8.20. The normalized spacial score (nSPS) is 18.6. The van der Waals surface area contributed by atoms with Gasteiger partial charge in [0.2, 0.25) is 11.8 Å². The largest absolute Gasteiger partial charge is 0.464 e. The highest BCUT2D eigenvalue weighted by atomic mass is 35.5. The second-order valence-electron chi connectivity index (χ2n) is 9.06. The van der Waals surface area contributed by atoms with E-state index in [2.05, 4.69) is 26.4 Å². The molecular formula is C26H24ClN5O4. The van der Waals surface area contributed by atoms with E-state index in [0.717, 1.165) is 59.8 Å². The Labute approximate surface area is 212 Å². The first-order chi connectivity index (χ1) is 17.5. The van der Waals surface area contributed by atoms with Gasteiger partial charge in [0.05, 0.1) is 55.7 Å². The molecule has 5 heterocycles. The fourth-order valence-corrected chi connectivity index (χ4v) is 5.09. The summed E-state index contributed by atoms with van der Waals surface area (Å²) in [7, 11) is 0. The summed E-state index contributed by atoms with van der Waals surface area (Å²) in [4.78, 5) is 30.7. The number of carbonyl (C=O) groups is 2. The van der Waals surface area contributed by atoms with Gasteiger partial charge in [0.15, 0.2) is 0 Å². The van der Waals surface area contributed by atoms with E-state index in [4.69, 9.17) is 20.8 Å². The Morgan fingerprint density at radius 1 is 1.14 bits per heavy atom. The molecule has 1 aromatic carbocycles. The minimum absolute atomic E-state index is 0.246. The van der Waals surface area contributed by atoms with E-state index >= 15 is 0 Å². The summed E-state index contributed by atoms with van der Waals surface area (Å²) in [5.41, 5.74) is 5.01. The minimum atomic E-state index is -0.434. The van der Waals surface area contributed by atoms with Crippen LogP contribution >= 0.6 is 11.6 Å². The second-order valence-corrected chi connectivity index (χ2v) is 9.46. The molecule has 6 rings (SSSR count). The fraction of sp³-hybridized carbons (Fsp3) is 0.308. The number of carbonyl (C=O) groups excluding carboxylic acids is 2. The zero-order chi connectivity index (χ0) is 24.6. The Morgan fingerprint density at radius 3 is 2.78 bits per heavy atom. The highest BCUT2D eigenvalue weighted by Gasteiger charge is 2.30. The summed E-state index contributed by atoms with van der Waals surface area (Å²) in [5.74, 6) is -0.984. The molecular weight excluding hydrogens is 482 g/mol. The minimum Gasteiger partial charge on any atom is -0.464 e. The van der Waals surface area contributed by atoms with E-state index < -0.39 is 5.92 Å². The molecule has 2 aliphatic rings. The molecule has 0 radical (unpaired) electrons. The molecule has 36 heavy (non-hydrogen) atoms. The maximum absolute atomic E-state index is 12.3. The van der Waals surface area contributed by atoms with Crippen molar-refractivity contribution in [2.75, 3.05) is 31.2 Å². The zero-order valence-corrected chi connectivity index (χ0v) is 20.2. The molecule has 1 N–H and O–H groups in total. The van der Waals surface area contributed by atoms with Crippen molar-refractivity contribution >= 4 is 40.1 Å². The Hall–Kier alpha value is -3.69. The fourth-order valence-electron chi connectivity index (χ4n) is 4.82. The lowest BCUT2D eigenvalue weighted by Crippen LogP contribution is -2.39. The molecule has 0 spiro atoms. The summed E-state index contributed by atoms with van der Waals surface area (Å²) in [6.45, 7) is 3.76. The third-order valence-electron chi connectivity index (χ3n) is 6.76. The molecule has 184 valence electrons. The molecule has 9 nitrogen and oxygen atoms in total. The molecule has 2 fully saturated rings. The number of halogens is 1. The van der Waals surface area contributed by atoms with Crippen molar-refractivity contribution in [3.8, 4) is 11.1 Å². The predicted molar refractivity (Wildman–Crippen MR) is 134 cm³/mol. The average Bonchev–Trinajstić information content (AvgIpc) is 3.51. The van der Waals surface area contributed by atoms with Crippen molar-refractivity contribution in [1.82, 2.24) is 20.1 Å². The SMILES string of the molecule is O=C1CCC(c2coc3cc(-c4cnn(Cc5ccc(N6CCOCC6)cn5)c4)c(Cl)cc23)C(=O)N1. The molecule has 1 unspecified atom stereocenters. The van der Waals surface area contributed by atoms with E-state index in [0.29, 0.717) is 30.0 Å². The molecule has 3 aromatic heterocycles. The number of hydrogen-bond donors (Lipinski definition) is 1. The number of fused-ring (bicyclic) bond motifs is 1. The van der Waals surface area contributed by atoms with Gasteiger partial charge in [-0.25, -0.2) is 0 Å². The van der Waals surface area contributed by atoms with Gasteiger partial charge >= 0.3 is 0 Å². The van der Waals surface area contributed by atoms with Gasteiger partial charge < -0.3 is 14.1 Å². The number of nitrogens with zero attached hydrogens (tertiary/aromatic N) is 4. The molecule has 4 aromatic rings. The Morgan fingerprint density at radius 2 is 2.00 bits per heavy atom. The third kappa shape index (κ3) is 4.36. The molecule has 2 amide bonds. The van der Waals surface area contributed by atoms with Crippen LogP contribution in [-0.2, 0) is 20.9 Å². The summed E-state index contributed by atoms with van der Waals surface area (Å²) < 4.78 is 13.0. The van der Waals surface area contributed by atoms with E-state index in [-0.39, 0.29) is 11.8 Å². The van der Waals surface area contributed by atoms with E-state index in [9.17, 15) is 9.59 Å². The van der Waals surface area contributed by atoms with Crippen LogP contribution in [0.15, 0.2) is 53.5 Å². The van der Waals surface area contributed by atoms with Gasteiger partial charge in [-0.3, -0.25) is 24.6 Å². The van der Waals surface area contributed by atoms with E-state index in [1.165, 1.54) is 0 Å². The number of pyridine rings is 1. The first-order valence-electron chi connectivity index (χ1n) is 11.9. The van der Waals surface area contributed by atoms with Gasteiger partial charge in [-0.05, 0) is 30.7 Å². The molecule has 0 aliphatic carbocycles. The maximum Gasteiger partial charge on any atom is 0.234 e. The van der Waals surface area contributed by atoms with Crippen molar-refractivity contribution in [2.24, 2.45) is 0 Å². The van der Waals surface area contributed by atoms with Crippen molar-refractivity contribution in [1.29, 1.82) is 0 Å². The van der Waals surface area contributed by atoms with E-state index in [1.807, 2.05) is 35.3 Å². The molecule has 0 saturated carbocycles. The summed E-state index contributed by atoms with van der Waals surface area (Å²) >= 11 is 6.67. The van der Waals surface area contributed by atoms with Crippen LogP contribution in [-0.4, -0.2) is 52.9 Å². The molecule has 10 heteroatoms. The number of furan rings is 1. The van der Waals surface area contributed by atoms with Gasteiger partial charge in [-0.15, -0.1) is 0 Å². The summed E-state index contributed by atoms with van der Waals surface area (Å²) in [6.07, 6.45) is 7.92. The first-order valence-corrected chi connectivity index (χ1v) is 12.3. The van der Waals surface area contributed by atoms with Crippen LogP contribution in [0.5, 0.6) is 0 Å². The van der Waals surface area contributed by atoms with Crippen LogP contribution < -0.4 is 10.2 Å². The lowest BCUT2D eigenvalue weighted by atomic mass is 9.90. The number of ether oxygens (including phenoxy) is 1. The number of hydrogen-bond acceptors (Lipinski definition) is 7. The monoisotopic (exact) mass is 505 g/mol. The highest BCUT2D eigenvalue weighted by Crippen LogP contribution is 2.38. The van der Waals surface area contributed by atoms with Gasteiger partial charge in [0.25, 0.3) is 0 Å². The second kappa shape index (κ2) is 9.40. The van der Waals surface area contributed by atoms with Crippen molar-refractivity contribution < 1.29 is 18.7 Å². The quantitative estimate of drug-likeness (QED) is 0.412. The number of imide groups is 1. The Bertz CT molecular complexity index is 1440. The van der Waals surface area contributed by atoms with Crippen molar-refractivity contribution in [3.05, 3.63) is 65.4 Å². The van der Waals surface area contributed by atoms with Crippen LogP contribution in [0.1, 0.15) is 30.0 Å². The number of rotatable bonds is 5. The predicted octanol–water partition coefficient (Wildman–Crippen LogP) is 3.75. The van der Waals surface area contributed by atoms with Crippen LogP contribution in [0.4, 0.5) is 5.69 Å². The number of nitrogens with one attached hydrogen (secondary N) is 1. The number of anilines is 1. The van der Waals surface area contributed by atoms with Crippen LogP contribution in [0.2, 0.25) is 5.02 Å². The Balaban J connectivity index is 1.21. The molecule has 0 bridgehead atoms. The topological polar surface area (TPSA) is 102 Å².